The predicted octanol–water partition coefficient (Wildman–Crippen LogP) is 4.48. The highest BCUT2D eigenvalue weighted by Crippen LogP contribution is 2.33. The molecule has 0 saturated heterocycles. The molecule has 1 saturated carbocycles. The SMILES string of the molecule is Nc1nc(NC2CCC(S(=O)(=O)c3ccc(Cl)nc3)CC2)sc1C(=O)c1c(F)cccc1F. The number of thiazole rings is 1. The fourth-order valence-electron chi connectivity index (χ4n) is 3.80. The van der Waals surface area contributed by atoms with Gasteiger partial charge in [-0.15, -0.1) is 0 Å². The fourth-order valence-corrected chi connectivity index (χ4v) is 6.55. The van der Waals surface area contributed by atoms with Crippen LogP contribution in [-0.4, -0.2) is 35.5 Å². The van der Waals surface area contributed by atoms with Crippen molar-refractivity contribution in [1.82, 2.24) is 9.97 Å². The molecule has 174 valence electrons. The van der Waals surface area contributed by atoms with Gasteiger partial charge in [0.1, 0.15) is 27.5 Å². The summed E-state index contributed by atoms with van der Waals surface area (Å²) in [4.78, 5) is 20.7. The van der Waals surface area contributed by atoms with Crippen LogP contribution in [0.5, 0.6) is 0 Å². The minimum absolute atomic E-state index is 0.0620. The molecule has 3 aromatic rings. The molecular formula is C21H19ClF2N4O3S2. The van der Waals surface area contributed by atoms with Gasteiger partial charge >= 0.3 is 0 Å². The van der Waals surface area contributed by atoms with E-state index >= 15 is 0 Å². The van der Waals surface area contributed by atoms with Crippen LogP contribution in [0.1, 0.15) is 40.9 Å². The van der Waals surface area contributed by atoms with Crippen LogP contribution in [-0.2, 0) is 9.84 Å². The summed E-state index contributed by atoms with van der Waals surface area (Å²) in [6.07, 6.45) is 3.22. The molecule has 1 aromatic carbocycles. The standard InChI is InChI=1S/C21H19ClF2N4O3S2/c22-16-9-8-13(10-26-16)33(30,31)12-6-4-11(5-7-12)27-21-28-20(25)19(32-21)18(29)17-14(23)2-1-3-15(17)24/h1-3,8-12H,4-7,25H2,(H,27,28). The predicted molar refractivity (Wildman–Crippen MR) is 122 cm³/mol. The molecule has 0 aliphatic heterocycles. The van der Waals surface area contributed by atoms with E-state index in [1.165, 1.54) is 24.4 Å². The summed E-state index contributed by atoms with van der Waals surface area (Å²) in [6.45, 7) is 0. The highest BCUT2D eigenvalue weighted by molar-refractivity contribution is 7.92. The van der Waals surface area contributed by atoms with Crippen LogP contribution in [0.2, 0.25) is 5.15 Å². The Bertz CT molecular complexity index is 1270. The number of pyridine rings is 1. The Balaban J connectivity index is 1.42. The monoisotopic (exact) mass is 512 g/mol. The Kier molecular flexibility index (Phi) is 6.64. The zero-order valence-corrected chi connectivity index (χ0v) is 19.5. The maximum Gasteiger partial charge on any atom is 0.212 e. The number of halogens is 3. The van der Waals surface area contributed by atoms with Crippen molar-refractivity contribution in [2.24, 2.45) is 0 Å². The second kappa shape index (κ2) is 9.32. The summed E-state index contributed by atoms with van der Waals surface area (Å²) < 4.78 is 53.7. The molecule has 4 rings (SSSR count). The van der Waals surface area contributed by atoms with Gasteiger partial charge in [-0.2, -0.15) is 0 Å². The molecule has 0 unspecified atom stereocenters. The van der Waals surface area contributed by atoms with E-state index in [0.717, 1.165) is 23.5 Å². The first kappa shape index (κ1) is 23.5. The molecule has 1 aliphatic carbocycles. The number of carbonyl (C=O) groups excluding carboxylic acids is 1. The molecule has 0 spiro atoms. The van der Waals surface area contributed by atoms with Gasteiger partial charge in [0.05, 0.1) is 15.7 Å². The van der Waals surface area contributed by atoms with E-state index in [1.807, 2.05) is 0 Å². The number of hydrogen-bond donors (Lipinski definition) is 2. The first-order chi connectivity index (χ1) is 15.7. The zero-order chi connectivity index (χ0) is 23.8. The molecule has 33 heavy (non-hydrogen) atoms. The van der Waals surface area contributed by atoms with Gasteiger partial charge in [-0.25, -0.2) is 27.2 Å². The summed E-state index contributed by atoms with van der Waals surface area (Å²) in [5.41, 5.74) is 5.16. The lowest BCUT2D eigenvalue weighted by atomic mass is 9.95. The minimum Gasteiger partial charge on any atom is -0.382 e. The highest BCUT2D eigenvalue weighted by atomic mass is 35.5. The summed E-state index contributed by atoms with van der Waals surface area (Å²) in [5, 5.41) is 3.18. The molecule has 2 aromatic heterocycles. The normalized spacial score (nSPS) is 18.8. The number of benzene rings is 1. The van der Waals surface area contributed by atoms with Crippen LogP contribution in [0.15, 0.2) is 41.4 Å². The van der Waals surface area contributed by atoms with Crippen molar-refractivity contribution in [3.8, 4) is 0 Å². The topological polar surface area (TPSA) is 115 Å². The molecule has 1 aliphatic rings. The number of nitrogens with one attached hydrogen (secondary N) is 1. The number of hydrogen-bond acceptors (Lipinski definition) is 8. The van der Waals surface area contributed by atoms with Crippen molar-refractivity contribution in [2.45, 2.75) is 41.9 Å². The molecular weight excluding hydrogens is 494 g/mol. The van der Waals surface area contributed by atoms with E-state index in [9.17, 15) is 22.0 Å². The van der Waals surface area contributed by atoms with Crippen LogP contribution in [0, 0.1) is 11.6 Å². The molecule has 0 radical (unpaired) electrons. The van der Waals surface area contributed by atoms with Crippen molar-refractivity contribution < 1.29 is 22.0 Å². The Hall–Kier alpha value is -2.63. The van der Waals surface area contributed by atoms with Crippen molar-refractivity contribution >= 4 is 49.5 Å². The number of carbonyl (C=O) groups is 1. The summed E-state index contributed by atoms with van der Waals surface area (Å²) in [7, 11) is -3.53. The number of rotatable bonds is 6. The Morgan fingerprint density at radius 1 is 1.12 bits per heavy atom. The summed E-state index contributed by atoms with van der Waals surface area (Å²) in [6, 6.07) is 5.98. The third-order valence-electron chi connectivity index (χ3n) is 5.52. The average molecular weight is 513 g/mol. The number of aromatic nitrogens is 2. The third-order valence-corrected chi connectivity index (χ3v) is 8.99. The number of anilines is 2. The van der Waals surface area contributed by atoms with E-state index in [0.29, 0.717) is 30.8 Å². The Labute approximate surface area is 197 Å². The average Bonchev–Trinajstić information content (AvgIpc) is 3.14. The van der Waals surface area contributed by atoms with E-state index < -0.39 is 38.1 Å². The van der Waals surface area contributed by atoms with Gasteiger partial charge in [-0.05, 0) is 49.9 Å². The van der Waals surface area contributed by atoms with Crippen LogP contribution >= 0.6 is 22.9 Å². The molecule has 2 heterocycles. The second-order valence-corrected chi connectivity index (χ2v) is 11.3. The highest BCUT2D eigenvalue weighted by Gasteiger charge is 2.33. The maximum atomic E-state index is 14.0. The molecule has 1 fully saturated rings. The zero-order valence-electron chi connectivity index (χ0n) is 17.1. The van der Waals surface area contributed by atoms with Crippen LogP contribution < -0.4 is 11.1 Å². The quantitative estimate of drug-likeness (QED) is 0.369. The van der Waals surface area contributed by atoms with Crippen LogP contribution in [0.25, 0.3) is 0 Å². The molecule has 3 N–H and O–H groups in total. The van der Waals surface area contributed by atoms with Crippen molar-refractivity contribution in [2.75, 3.05) is 11.1 Å². The molecule has 0 amide bonds. The first-order valence-corrected chi connectivity index (χ1v) is 12.8. The Morgan fingerprint density at radius 3 is 2.39 bits per heavy atom. The lowest BCUT2D eigenvalue weighted by Gasteiger charge is -2.28. The van der Waals surface area contributed by atoms with Crippen molar-refractivity contribution in [1.29, 1.82) is 0 Å². The van der Waals surface area contributed by atoms with E-state index in [4.69, 9.17) is 17.3 Å². The lowest BCUT2D eigenvalue weighted by Crippen LogP contribution is -2.32. The van der Waals surface area contributed by atoms with Crippen molar-refractivity contribution in [3.63, 3.8) is 0 Å². The molecule has 7 nitrogen and oxygen atoms in total. The van der Waals surface area contributed by atoms with Gasteiger partial charge in [0.15, 0.2) is 15.0 Å². The number of ketones is 1. The van der Waals surface area contributed by atoms with Gasteiger partial charge in [0.25, 0.3) is 0 Å². The van der Waals surface area contributed by atoms with Gasteiger partial charge in [0, 0.05) is 12.2 Å². The van der Waals surface area contributed by atoms with Crippen molar-refractivity contribution in [3.05, 3.63) is 63.8 Å². The van der Waals surface area contributed by atoms with Crippen LogP contribution in [0.4, 0.5) is 19.7 Å². The summed E-state index contributed by atoms with van der Waals surface area (Å²) >= 11 is 6.65. The van der Waals surface area contributed by atoms with E-state index in [-0.39, 0.29) is 26.8 Å². The summed E-state index contributed by atoms with van der Waals surface area (Å²) in [5.74, 6) is -2.95. The molecule has 0 bridgehead atoms. The molecule has 12 heteroatoms. The Morgan fingerprint density at radius 2 is 1.79 bits per heavy atom. The number of sulfone groups is 1. The smallest absolute Gasteiger partial charge is 0.212 e. The van der Waals surface area contributed by atoms with E-state index in [2.05, 4.69) is 15.3 Å². The number of nitrogens with two attached hydrogens (primary N) is 1. The van der Waals surface area contributed by atoms with E-state index in [1.54, 1.807) is 0 Å². The number of nitrogen functional groups attached to an aromatic ring is 1. The number of nitrogens with zero attached hydrogens (tertiary/aromatic N) is 2. The first-order valence-electron chi connectivity index (χ1n) is 10.0. The van der Waals surface area contributed by atoms with Gasteiger partial charge < -0.3 is 11.1 Å². The minimum atomic E-state index is -3.53. The fraction of sp³-hybridized carbons (Fsp3) is 0.286. The lowest BCUT2D eigenvalue weighted by molar-refractivity contribution is 0.103. The molecule has 0 atom stereocenters. The van der Waals surface area contributed by atoms with Gasteiger partial charge in [-0.3, -0.25) is 4.79 Å². The maximum absolute atomic E-state index is 14.0. The van der Waals surface area contributed by atoms with Gasteiger partial charge in [0.2, 0.25) is 5.78 Å². The largest absolute Gasteiger partial charge is 0.382 e. The van der Waals surface area contributed by atoms with Gasteiger partial charge in [-0.1, -0.05) is 29.0 Å². The second-order valence-electron chi connectivity index (χ2n) is 7.64. The third kappa shape index (κ3) is 4.85. The van der Waals surface area contributed by atoms with Crippen LogP contribution in [0.3, 0.4) is 0 Å².